The van der Waals surface area contributed by atoms with Gasteiger partial charge in [-0.1, -0.05) is 289 Å². The lowest BCUT2D eigenvalue weighted by Crippen LogP contribution is -2.46. The molecule has 0 spiro atoms. The maximum Gasteiger partial charge on any atom is 0.338 e. The number of esters is 2. The van der Waals surface area contributed by atoms with Gasteiger partial charge in [0.25, 0.3) is 0 Å². The van der Waals surface area contributed by atoms with Crippen LogP contribution in [0, 0.1) is 5.41 Å². The highest BCUT2D eigenvalue weighted by molar-refractivity contribution is 5.91. The van der Waals surface area contributed by atoms with Gasteiger partial charge in [-0.05, 0) is 62.1 Å². The van der Waals surface area contributed by atoms with Gasteiger partial charge < -0.3 is 37.9 Å². The SMILES string of the molecule is CCCCCCCCCCCCOc1ccc(C(=O)OCC2(COC(=O)c3ccc(OCCCCCCCCCCCC)c(OCCCCCCCCCCCC)c3)COC(c3ccccc3)OC2)cc1OCCCCCCCCCCCC. The fourth-order valence-corrected chi connectivity index (χ4v) is 11.0. The molecule has 0 bridgehead atoms. The molecule has 0 atom stereocenters. The van der Waals surface area contributed by atoms with E-state index in [4.69, 9.17) is 37.9 Å². The van der Waals surface area contributed by atoms with E-state index in [0.29, 0.717) is 60.6 Å². The first kappa shape index (κ1) is 72.2. The molecule has 1 fully saturated rings. The van der Waals surface area contributed by atoms with E-state index >= 15 is 0 Å². The normalized spacial score (nSPS) is 13.2. The fourth-order valence-electron chi connectivity index (χ4n) is 11.0. The van der Waals surface area contributed by atoms with Gasteiger partial charge in [0.1, 0.15) is 13.2 Å². The van der Waals surface area contributed by atoms with Gasteiger partial charge in [-0.3, -0.25) is 0 Å². The highest BCUT2D eigenvalue weighted by Crippen LogP contribution is 2.36. The van der Waals surface area contributed by atoms with E-state index in [1.165, 1.54) is 205 Å². The van der Waals surface area contributed by atoms with E-state index < -0.39 is 23.6 Å². The summed E-state index contributed by atoms with van der Waals surface area (Å²) in [5, 5.41) is 0. The second-order valence-electron chi connectivity index (χ2n) is 24.5. The molecule has 0 aromatic heterocycles. The van der Waals surface area contributed by atoms with Gasteiger partial charge in [0.05, 0.1) is 56.2 Å². The van der Waals surface area contributed by atoms with Gasteiger partial charge in [-0.15, -0.1) is 0 Å². The quantitative estimate of drug-likeness (QED) is 0.0400. The van der Waals surface area contributed by atoms with Gasteiger partial charge in [0.15, 0.2) is 29.3 Å². The van der Waals surface area contributed by atoms with Crippen LogP contribution in [0.5, 0.6) is 23.0 Å². The Morgan fingerprint density at radius 1 is 0.357 bits per heavy atom. The molecule has 3 aromatic carbocycles. The molecule has 1 aliphatic heterocycles. The number of carbonyl (C=O) groups excluding carboxylic acids is 2. The van der Waals surface area contributed by atoms with Gasteiger partial charge in [-0.2, -0.15) is 0 Å². The first-order valence-electron chi connectivity index (χ1n) is 34.8. The van der Waals surface area contributed by atoms with Gasteiger partial charge in [-0.25, -0.2) is 9.59 Å². The number of hydrogen-bond acceptors (Lipinski definition) is 10. The van der Waals surface area contributed by atoms with Crippen LogP contribution in [0.1, 0.15) is 317 Å². The average Bonchev–Trinajstić information content (AvgIpc) is 3.70. The van der Waals surface area contributed by atoms with Crippen molar-refractivity contribution in [3.8, 4) is 23.0 Å². The molecular weight excluding hydrogens is 1050 g/mol. The molecule has 4 rings (SSSR count). The lowest BCUT2D eigenvalue weighted by atomic mass is 9.91. The number of rotatable bonds is 55. The van der Waals surface area contributed by atoms with E-state index in [9.17, 15) is 9.59 Å². The lowest BCUT2D eigenvalue weighted by Gasteiger charge is -2.39. The number of ether oxygens (including phenoxy) is 8. The molecule has 10 heteroatoms. The fraction of sp³-hybridized carbons (Fsp3) is 0.730. The Morgan fingerprint density at radius 3 is 0.929 bits per heavy atom. The highest BCUT2D eigenvalue weighted by atomic mass is 16.7. The lowest BCUT2D eigenvalue weighted by molar-refractivity contribution is -0.247. The first-order valence-corrected chi connectivity index (χ1v) is 34.8. The predicted octanol–water partition coefficient (Wildman–Crippen LogP) is 21.6. The highest BCUT2D eigenvalue weighted by Gasteiger charge is 2.41. The van der Waals surface area contributed by atoms with Crippen LogP contribution in [0.25, 0.3) is 0 Å². The number of hydrogen-bond donors (Lipinski definition) is 0. The van der Waals surface area contributed by atoms with E-state index in [1.54, 1.807) is 24.3 Å². The van der Waals surface area contributed by atoms with Crippen molar-refractivity contribution in [3.05, 3.63) is 83.4 Å². The number of benzene rings is 3. The summed E-state index contributed by atoms with van der Waals surface area (Å²) in [6.07, 6.45) is 49.2. The molecule has 476 valence electrons. The van der Waals surface area contributed by atoms with E-state index in [0.717, 1.165) is 56.9 Å². The summed E-state index contributed by atoms with van der Waals surface area (Å²) >= 11 is 0. The molecule has 0 unspecified atom stereocenters. The summed E-state index contributed by atoms with van der Waals surface area (Å²) in [6, 6.07) is 20.4. The van der Waals surface area contributed by atoms with E-state index in [1.807, 2.05) is 42.5 Å². The van der Waals surface area contributed by atoms with Crippen molar-refractivity contribution in [2.75, 3.05) is 52.9 Å². The number of unbranched alkanes of at least 4 members (excludes halogenated alkanes) is 36. The Hall–Kier alpha value is -4.28. The number of carbonyl (C=O) groups is 2. The summed E-state index contributed by atoms with van der Waals surface area (Å²) in [6.45, 7) is 11.4. The standard InChI is InChI=1S/C74H120O10/c1-5-9-13-17-21-25-29-33-37-44-54-77-67-52-50-65(58-69(67)79-56-46-39-35-31-27-23-19-15-11-7-3)71(75)81-60-74(62-83-73(84-63-74)64-48-42-41-43-49-64)61-82-72(76)66-51-53-68(78-55-45-38-34-30-26-22-18-14-10-6-2)70(59-66)80-57-47-40-36-32-28-24-20-16-12-8-4/h41-43,48-53,58-59,73H,5-40,44-47,54-57,60-63H2,1-4H3. The maximum absolute atomic E-state index is 14.1. The van der Waals surface area contributed by atoms with Crippen LogP contribution in [0.4, 0.5) is 0 Å². The molecule has 0 radical (unpaired) electrons. The van der Waals surface area contributed by atoms with Gasteiger partial charge >= 0.3 is 11.9 Å². The van der Waals surface area contributed by atoms with Crippen LogP contribution in [0.2, 0.25) is 0 Å². The molecule has 0 saturated carbocycles. The van der Waals surface area contributed by atoms with E-state index in [-0.39, 0.29) is 26.4 Å². The molecule has 1 heterocycles. The third kappa shape index (κ3) is 33.0. The second kappa shape index (κ2) is 48.8. The predicted molar refractivity (Wildman–Crippen MR) is 346 cm³/mol. The molecule has 10 nitrogen and oxygen atoms in total. The minimum absolute atomic E-state index is 0.106. The van der Waals surface area contributed by atoms with Crippen molar-refractivity contribution in [1.82, 2.24) is 0 Å². The summed E-state index contributed by atoms with van der Waals surface area (Å²) in [4.78, 5) is 28.2. The molecule has 3 aromatic rings. The Bertz CT molecular complexity index is 1930. The smallest absolute Gasteiger partial charge is 0.338 e. The summed E-state index contributed by atoms with van der Waals surface area (Å²) in [7, 11) is 0. The van der Waals surface area contributed by atoms with Crippen LogP contribution in [-0.2, 0) is 18.9 Å². The van der Waals surface area contributed by atoms with Crippen molar-refractivity contribution < 1.29 is 47.5 Å². The zero-order chi connectivity index (χ0) is 59.6. The van der Waals surface area contributed by atoms with Crippen molar-refractivity contribution in [1.29, 1.82) is 0 Å². The molecule has 84 heavy (non-hydrogen) atoms. The third-order valence-electron chi connectivity index (χ3n) is 16.6. The summed E-state index contributed by atoms with van der Waals surface area (Å²) in [5.74, 6) is 1.34. The second-order valence-corrected chi connectivity index (χ2v) is 24.5. The third-order valence-corrected chi connectivity index (χ3v) is 16.6. The maximum atomic E-state index is 14.1. The summed E-state index contributed by atoms with van der Waals surface area (Å²) in [5.41, 5.74) is 0.595. The molecule has 0 aliphatic carbocycles. The van der Waals surface area contributed by atoms with Gasteiger partial charge in [0.2, 0.25) is 0 Å². The molecule has 1 saturated heterocycles. The van der Waals surface area contributed by atoms with Crippen LogP contribution in [0.3, 0.4) is 0 Å². The van der Waals surface area contributed by atoms with Crippen molar-refractivity contribution in [2.45, 2.75) is 291 Å². The molecule has 0 N–H and O–H groups in total. The van der Waals surface area contributed by atoms with Crippen molar-refractivity contribution >= 4 is 11.9 Å². The Balaban J connectivity index is 1.40. The average molecular weight is 1170 g/mol. The molecular formula is C74H120O10. The minimum atomic E-state index is -0.990. The van der Waals surface area contributed by atoms with Gasteiger partial charge in [0, 0.05) is 5.56 Å². The van der Waals surface area contributed by atoms with Crippen LogP contribution >= 0.6 is 0 Å². The van der Waals surface area contributed by atoms with Crippen molar-refractivity contribution in [3.63, 3.8) is 0 Å². The largest absolute Gasteiger partial charge is 0.490 e. The Labute approximate surface area is 512 Å². The Morgan fingerprint density at radius 2 is 0.631 bits per heavy atom. The monoisotopic (exact) mass is 1170 g/mol. The zero-order valence-corrected chi connectivity index (χ0v) is 54.0. The van der Waals surface area contributed by atoms with Crippen molar-refractivity contribution in [2.24, 2.45) is 5.41 Å². The first-order chi connectivity index (χ1) is 41.4. The summed E-state index contributed by atoms with van der Waals surface area (Å²) < 4.78 is 50.5. The van der Waals surface area contributed by atoms with Crippen LogP contribution in [-0.4, -0.2) is 64.8 Å². The molecule has 1 aliphatic rings. The Kier molecular flexibility index (Phi) is 41.9. The van der Waals surface area contributed by atoms with Crippen LogP contribution < -0.4 is 18.9 Å². The minimum Gasteiger partial charge on any atom is -0.490 e. The molecule has 0 amide bonds. The van der Waals surface area contributed by atoms with Crippen LogP contribution in [0.15, 0.2) is 66.7 Å². The zero-order valence-electron chi connectivity index (χ0n) is 54.0. The topological polar surface area (TPSA) is 108 Å². The van der Waals surface area contributed by atoms with E-state index in [2.05, 4.69) is 27.7 Å².